The van der Waals surface area contributed by atoms with Crippen LogP contribution in [0.3, 0.4) is 0 Å². The Balaban J connectivity index is 3.90. The summed E-state index contributed by atoms with van der Waals surface area (Å²) in [5.74, 6) is -0.826. The van der Waals surface area contributed by atoms with Gasteiger partial charge in [-0.25, -0.2) is 4.57 Å². The number of phosphoric acid groups is 1. The molecule has 2 unspecified atom stereocenters. The van der Waals surface area contributed by atoms with Crippen LogP contribution in [0.25, 0.3) is 0 Å². The van der Waals surface area contributed by atoms with Crippen molar-refractivity contribution in [2.24, 2.45) is 5.73 Å². The van der Waals surface area contributed by atoms with Crippen LogP contribution >= 0.6 is 7.82 Å². The zero-order valence-electron chi connectivity index (χ0n) is 32.7. The Morgan fingerprint density at radius 1 is 0.520 bits per heavy atom. The van der Waals surface area contributed by atoms with E-state index in [-0.39, 0.29) is 38.6 Å². The van der Waals surface area contributed by atoms with E-state index in [2.05, 4.69) is 13.8 Å². The van der Waals surface area contributed by atoms with Crippen molar-refractivity contribution in [3.63, 3.8) is 0 Å². The maximum atomic E-state index is 12.5. The predicted molar refractivity (Wildman–Crippen MR) is 206 cm³/mol. The molecule has 0 fully saturated rings. The van der Waals surface area contributed by atoms with Gasteiger partial charge in [-0.2, -0.15) is 0 Å². The molecule has 0 amide bonds. The zero-order chi connectivity index (χ0) is 36.8. The van der Waals surface area contributed by atoms with Gasteiger partial charge < -0.3 is 20.1 Å². The highest BCUT2D eigenvalue weighted by atomic mass is 31.2. The maximum Gasteiger partial charge on any atom is 0.472 e. The van der Waals surface area contributed by atoms with Crippen molar-refractivity contribution in [3.05, 3.63) is 0 Å². The first-order valence-corrected chi connectivity index (χ1v) is 22.5. The van der Waals surface area contributed by atoms with Gasteiger partial charge in [-0.15, -0.1) is 0 Å². The van der Waals surface area contributed by atoms with Crippen LogP contribution in [0.15, 0.2) is 0 Å². The Bertz CT molecular complexity index is 799. The molecule has 0 aliphatic heterocycles. The van der Waals surface area contributed by atoms with Gasteiger partial charge >= 0.3 is 19.8 Å². The lowest BCUT2D eigenvalue weighted by atomic mass is 10.0. The number of hydrogen-bond acceptors (Lipinski definition) is 8. The van der Waals surface area contributed by atoms with E-state index < -0.39 is 26.5 Å². The number of hydrogen-bond donors (Lipinski definition) is 2. The van der Waals surface area contributed by atoms with E-state index in [4.69, 9.17) is 24.3 Å². The van der Waals surface area contributed by atoms with Crippen molar-refractivity contribution in [3.8, 4) is 0 Å². The SMILES string of the molecule is CCCCCCCCCCCCCCCCCCCCCCCCCC(=O)OC(COC(=O)CCCCCCCC)COP(=O)(O)OCCN. The highest BCUT2D eigenvalue weighted by molar-refractivity contribution is 7.47. The minimum Gasteiger partial charge on any atom is -0.462 e. The summed E-state index contributed by atoms with van der Waals surface area (Å²) in [5, 5.41) is 0. The van der Waals surface area contributed by atoms with Crippen LogP contribution in [-0.2, 0) is 32.7 Å². The Morgan fingerprint density at radius 3 is 1.22 bits per heavy atom. The van der Waals surface area contributed by atoms with Crippen molar-refractivity contribution in [1.82, 2.24) is 0 Å². The third-order valence-electron chi connectivity index (χ3n) is 9.24. The second-order valence-corrected chi connectivity index (χ2v) is 15.7. The molecule has 298 valence electrons. The summed E-state index contributed by atoms with van der Waals surface area (Å²) in [6.07, 6.45) is 36.1. The van der Waals surface area contributed by atoms with Crippen LogP contribution < -0.4 is 5.73 Å². The Morgan fingerprint density at radius 2 is 0.860 bits per heavy atom. The molecule has 0 aliphatic carbocycles. The lowest BCUT2D eigenvalue weighted by molar-refractivity contribution is -0.161. The summed E-state index contributed by atoms with van der Waals surface area (Å²) >= 11 is 0. The van der Waals surface area contributed by atoms with Crippen LogP contribution in [0.5, 0.6) is 0 Å². The van der Waals surface area contributed by atoms with Gasteiger partial charge in [0.1, 0.15) is 6.61 Å². The molecular weight excluding hydrogens is 653 g/mol. The highest BCUT2D eigenvalue weighted by Gasteiger charge is 2.26. The Kier molecular flexibility index (Phi) is 37.0. The van der Waals surface area contributed by atoms with Crippen molar-refractivity contribution in [2.75, 3.05) is 26.4 Å². The zero-order valence-corrected chi connectivity index (χ0v) is 33.6. The van der Waals surface area contributed by atoms with Gasteiger partial charge in [-0.1, -0.05) is 187 Å². The van der Waals surface area contributed by atoms with Gasteiger partial charge in [-0.05, 0) is 12.8 Å². The molecule has 0 aromatic rings. The van der Waals surface area contributed by atoms with Gasteiger partial charge in [0, 0.05) is 19.4 Å². The van der Waals surface area contributed by atoms with Gasteiger partial charge in [0.25, 0.3) is 0 Å². The first-order chi connectivity index (χ1) is 24.3. The summed E-state index contributed by atoms with van der Waals surface area (Å²) in [5.41, 5.74) is 5.32. The van der Waals surface area contributed by atoms with Crippen LogP contribution in [-0.4, -0.2) is 49.3 Å². The maximum absolute atomic E-state index is 12.5. The number of phosphoric ester groups is 1. The smallest absolute Gasteiger partial charge is 0.462 e. The lowest BCUT2D eigenvalue weighted by Gasteiger charge is -2.19. The van der Waals surface area contributed by atoms with E-state index in [1.165, 1.54) is 141 Å². The molecule has 2 atom stereocenters. The summed E-state index contributed by atoms with van der Waals surface area (Å²) in [6.45, 7) is 3.69. The van der Waals surface area contributed by atoms with Gasteiger partial charge in [0.05, 0.1) is 13.2 Å². The molecule has 0 saturated carbocycles. The molecule has 9 nitrogen and oxygen atoms in total. The topological polar surface area (TPSA) is 134 Å². The number of nitrogens with two attached hydrogens (primary N) is 1. The number of carbonyl (C=O) groups excluding carboxylic acids is 2. The van der Waals surface area contributed by atoms with Gasteiger partial charge in [0.15, 0.2) is 6.10 Å². The molecule has 0 heterocycles. The normalized spacial score (nSPS) is 13.3. The summed E-state index contributed by atoms with van der Waals surface area (Å²) < 4.78 is 32.5. The third-order valence-corrected chi connectivity index (χ3v) is 10.2. The monoisotopic (exact) mass is 734 g/mol. The average molecular weight is 734 g/mol. The van der Waals surface area contributed by atoms with Crippen LogP contribution in [0.1, 0.15) is 213 Å². The van der Waals surface area contributed by atoms with Crippen LogP contribution in [0, 0.1) is 0 Å². The van der Waals surface area contributed by atoms with E-state index in [0.717, 1.165) is 38.5 Å². The predicted octanol–water partition coefficient (Wildman–Crippen LogP) is 11.7. The highest BCUT2D eigenvalue weighted by Crippen LogP contribution is 2.43. The van der Waals surface area contributed by atoms with Gasteiger partial charge in [0.2, 0.25) is 0 Å². The van der Waals surface area contributed by atoms with Gasteiger partial charge in [-0.3, -0.25) is 18.6 Å². The number of esters is 2. The molecule has 0 aromatic carbocycles. The largest absolute Gasteiger partial charge is 0.472 e. The summed E-state index contributed by atoms with van der Waals surface area (Å²) in [6, 6.07) is 0. The van der Waals surface area contributed by atoms with E-state index in [9.17, 15) is 19.0 Å². The van der Waals surface area contributed by atoms with Crippen molar-refractivity contribution < 1.29 is 37.6 Å². The minimum atomic E-state index is -4.36. The Labute approximate surface area is 307 Å². The summed E-state index contributed by atoms with van der Waals surface area (Å²) in [7, 11) is -4.36. The van der Waals surface area contributed by atoms with E-state index in [0.29, 0.717) is 6.42 Å². The fourth-order valence-corrected chi connectivity index (χ4v) is 6.87. The van der Waals surface area contributed by atoms with Crippen molar-refractivity contribution in [2.45, 2.75) is 219 Å². The van der Waals surface area contributed by atoms with Crippen molar-refractivity contribution >= 4 is 19.8 Å². The fourth-order valence-electron chi connectivity index (χ4n) is 6.11. The molecular formula is C40H80NO8P. The molecule has 3 N–H and O–H groups in total. The molecule has 50 heavy (non-hydrogen) atoms. The summed E-state index contributed by atoms with van der Waals surface area (Å²) in [4.78, 5) is 34.5. The molecule has 0 radical (unpaired) electrons. The molecule has 0 saturated heterocycles. The number of unbranched alkanes of at least 4 members (excludes halogenated alkanes) is 27. The van der Waals surface area contributed by atoms with E-state index >= 15 is 0 Å². The second kappa shape index (κ2) is 37.8. The Hall–Kier alpha value is -0.990. The second-order valence-electron chi connectivity index (χ2n) is 14.2. The van der Waals surface area contributed by atoms with Crippen LogP contribution in [0.4, 0.5) is 0 Å². The van der Waals surface area contributed by atoms with E-state index in [1.54, 1.807) is 0 Å². The quantitative estimate of drug-likeness (QED) is 0.0358. The van der Waals surface area contributed by atoms with E-state index in [1.807, 2.05) is 0 Å². The molecule has 10 heteroatoms. The first-order valence-electron chi connectivity index (χ1n) is 21.0. The molecule has 0 rings (SSSR count). The van der Waals surface area contributed by atoms with Crippen molar-refractivity contribution in [1.29, 1.82) is 0 Å². The number of ether oxygens (including phenoxy) is 2. The molecule has 0 spiro atoms. The fraction of sp³-hybridized carbons (Fsp3) is 0.950. The average Bonchev–Trinajstić information content (AvgIpc) is 3.10. The molecule has 0 aromatic heterocycles. The lowest BCUT2D eigenvalue weighted by Crippen LogP contribution is -2.29. The number of rotatable bonds is 40. The first kappa shape index (κ1) is 49.0. The third kappa shape index (κ3) is 36.8. The molecule has 0 aliphatic rings. The minimum absolute atomic E-state index is 0.0575. The van der Waals surface area contributed by atoms with Crippen LogP contribution in [0.2, 0.25) is 0 Å². The number of carbonyl (C=O) groups is 2. The standard InChI is InChI=1S/C40H80NO8P/c1-3-5-7-9-11-12-13-14-15-16-17-18-19-20-21-22-23-24-25-26-27-29-31-33-40(43)49-38(37-48-50(44,45)47-35-34-41)36-46-39(42)32-30-28-10-8-6-4-2/h38H,3-37,41H2,1-2H3,(H,44,45). The molecule has 0 bridgehead atoms.